The van der Waals surface area contributed by atoms with Crippen LogP contribution in [-0.4, -0.2) is 8.42 Å². The molecule has 0 aliphatic rings. The SMILES string of the molecule is N#Cc1ccc(S(=O)(=O)NCc2ccccc2N)c(Cl)c1. The van der Waals surface area contributed by atoms with E-state index < -0.39 is 10.0 Å². The number of hydrogen-bond donors (Lipinski definition) is 2. The van der Waals surface area contributed by atoms with Crippen LogP contribution in [0.3, 0.4) is 0 Å². The minimum absolute atomic E-state index is 0.00239. The van der Waals surface area contributed by atoms with E-state index in [2.05, 4.69) is 4.72 Å². The summed E-state index contributed by atoms with van der Waals surface area (Å²) in [5.41, 5.74) is 7.23. The van der Waals surface area contributed by atoms with Gasteiger partial charge in [-0.1, -0.05) is 29.8 Å². The summed E-state index contributed by atoms with van der Waals surface area (Å²) in [5.74, 6) is 0. The van der Waals surface area contributed by atoms with Crippen LogP contribution >= 0.6 is 11.6 Å². The van der Waals surface area contributed by atoms with Gasteiger partial charge < -0.3 is 5.73 Å². The molecule has 0 saturated heterocycles. The number of anilines is 1. The first-order chi connectivity index (χ1) is 9.94. The van der Waals surface area contributed by atoms with Crippen LogP contribution in [0.1, 0.15) is 11.1 Å². The standard InChI is InChI=1S/C14H12ClN3O2S/c15-12-7-10(8-16)5-6-14(12)21(19,20)18-9-11-3-1-2-4-13(11)17/h1-7,18H,9,17H2. The molecule has 2 rings (SSSR count). The molecule has 0 heterocycles. The van der Waals surface area contributed by atoms with Crippen LogP contribution in [0.25, 0.3) is 0 Å². The third-order valence-electron chi connectivity index (χ3n) is 2.86. The monoisotopic (exact) mass is 321 g/mol. The zero-order valence-electron chi connectivity index (χ0n) is 10.9. The Labute approximate surface area is 128 Å². The minimum atomic E-state index is -3.78. The van der Waals surface area contributed by atoms with Crippen LogP contribution in [0.15, 0.2) is 47.4 Å². The Bertz CT molecular complexity index is 813. The lowest BCUT2D eigenvalue weighted by molar-refractivity contribution is 0.581. The first-order valence-corrected chi connectivity index (χ1v) is 7.83. The van der Waals surface area contributed by atoms with Gasteiger partial charge in [0.2, 0.25) is 10.0 Å². The molecule has 0 aliphatic carbocycles. The zero-order chi connectivity index (χ0) is 15.5. The average molecular weight is 322 g/mol. The number of hydrogen-bond acceptors (Lipinski definition) is 4. The molecule has 5 nitrogen and oxygen atoms in total. The minimum Gasteiger partial charge on any atom is -0.398 e. The van der Waals surface area contributed by atoms with Crippen molar-refractivity contribution in [1.82, 2.24) is 4.72 Å². The second kappa shape index (κ2) is 6.14. The molecular weight excluding hydrogens is 310 g/mol. The Hall–Kier alpha value is -2.07. The van der Waals surface area contributed by atoms with Gasteiger partial charge in [-0.05, 0) is 29.8 Å². The number of nitrogens with one attached hydrogen (secondary N) is 1. The van der Waals surface area contributed by atoms with Gasteiger partial charge in [0.15, 0.2) is 0 Å². The van der Waals surface area contributed by atoms with Crippen LogP contribution in [0.4, 0.5) is 5.69 Å². The number of benzene rings is 2. The van der Waals surface area contributed by atoms with Crippen molar-refractivity contribution in [2.24, 2.45) is 0 Å². The van der Waals surface area contributed by atoms with Gasteiger partial charge in [0.25, 0.3) is 0 Å². The fourth-order valence-corrected chi connectivity index (χ4v) is 3.28. The normalized spacial score (nSPS) is 11.0. The maximum atomic E-state index is 12.2. The Morgan fingerprint density at radius 3 is 2.57 bits per heavy atom. The number of para-hydroxylation sites is 1. The number of nitriles is 1. The smallest absolute Gasteiger partial charge is 0.242 e. The molecule has 0 spiro atoms. The predicted molar refractivity (Wildman–Crippen MR) is 81.0 cm³/mol. The van der Waals surface area contributed by atoms with Gasteiger partial charge in [0.1, 0.15) is 4.90 Å². The number of nitrogens with zero attached hydrogens (tertiary/aromatic N) is 1. The van der Waals surface area contributed by atoms with Gasteiger partial charge in [-0.15, -0.1) is 0 Å². The van der Waals surface area contributed by atoms with Crippen molar-refractivity contribution < 1.29 is 8.42 Å². The van der Waals surface area contributed by atoms with Gasteiger partial charge in [-0.25, -0.2) is 13.1 Å². The Balaban J connectivity index is 2.24. The summed E-state index contributed by atoms with van der Waals surface area (Å²) in [4.78, 5) is -0.0716. The fraction of sp³-hybridized carbons (Fsp3) is 0.0714. The van der Waals surface area contributed by atoms with Gasteiger partial charge in [-0.3, -0.25) is 0 Å². The largest absolute Gasteiger partial charge is 0.398 e. The Morgan fingerprint density at radius 1 is 1.24 bits per heavy atom. The predicted octanol–water partition coefficient (Wildman–Crippen LogP) is 2.27. The van der Waals surface area contributed by atoms with E-state index in [1.807, 2.05) is 6.07 Å². The number of rotatable bonds is 4. The van der Waals surface area contributed by atoms with Crippen LogP contribution < -0.4 is 10.5 Å². The van der Waals surface area contributed by atoms with E-state index >= 15 is 0 Å². The van der Waals surface area contributed by atoms with Crippen LogP contribution in [0, 0.1) is 11.3 Å². The number of sulfonamides is 1. The highest BCUT2D eigenvalue weighted by atomic mass is 35.5. The first-order valence-electron chi connectivity index (χ1n) is 5.97. The van der Waals surface area contributed by atoms with Gasteiger partial charge in [-0.2, -0.15) is 5.26 Å². The van der Waals surface area contributed by atoms with Gasteiger partial charge in [0, 0.05) is 12.2 Å². The van der Waals surface area contributed by atoms with Gasteiger partial charge in [0.05, 0.1) is 16.7 Å². The topological polar surface area (TPSA) is 96.0 Å². The van der Waals surface area contributed by atoms with E-state index in [-0.39, 0.29) is 16.5 Å². The zero-order valence-corrected chi connectivity index (χ0v) is 12.4. The van der Waals surface area contributed by atoms with E-state index in [4.69, 9.17) is 22.6 Å². The second-order valence-electron chi connectivity index (χ2n) is 4.28. The van der Waals surface area contributed by atoms with Crippen molar-refractivity contribution in [2.45, 2.75) is 11.4 Å². The number of nitrogen functional groups attached to an aromatic ring is 1. The molecule has 0 amide bonds. The molecule has 7 heteroatoms. The van der Waals surface area contributed by atoms with Crippen molar-refractivity contribution in [3.05, 3.63) is 58.6 Å². The van der Waals surface area contributed by atoms with Crippen molar-refractivity contribution in [3.63, 3.8) is 0 Å². The van der Waals surface area contributed by atoms with E-state index in [0.29, 0.717) is 16.8 Å². The maximum absolute atomic E-state index is 12.2. The van der Waals surface area contributed by atoms with E-state index in [1.165, 1.54) is 18.2 Å². The van der Waals surface area contributed by atoms with Crippen LogP contribution in [-0.2, 0) is 16.6 Å². The molecule has 2 aromatic carbocycles. The summed E-state index contributed by atoms with van der Waals surface area (Å²) in [7, 11) is -3.78. The Kier molecular flexibility index (Phi) is 4.48. The molecule has 2 aromatic rings. The van der Waals surface area contributed by atoms with E-state index in [0.717, 1.165) is 0 Å². The summed E-state index contributed by atoms with van der Waals surface area (Å²) in [6.45, 7) is 0.0609. The first kappa shape index (κ1) is 15.3. The second-order valence-corrected chi connectivity index (χ2v) is 6.42. The van der Waals surface area contributed by atoms with Gasteiger partial charge >= 0.3 is 0 Å². The lowest BCUT2D eigenvalue weighted by Gasteiger charge is -2.10. The molecule has 0 saturated carbocycles. The highest BCUT2D eigenvalue weighted by molar-refractivity contribution is 7.89. The van der Waals surface area contributed by atoms with E-state index in [9.17, 15) is 8.42 Å². The van der Waals surface area contributed by atoms with E-state index in [1.54, 1.807) is 24.3 Å². The summed E-state index contributed by atoms with van der Waals surface area (Å²) in [6, 6.07) is 12.9. The van der Waals surface area contributed by atoms with Crippen molar-refractivity contribution in [2.75, 3.05) is 5.73 Å². The van der Waals surface area contributed by atoms with Crippen molar-refractivity contribution in [3.8, 4) is 6.07 Å². The molecule has 21 heavy (non-hydrogen) atoms. The molecule has 0 aromatic heterocycles. The summed E-state index contributed by atoms with van der Waals surface area (Å²) >= 11 is 5.91. The molecule has 0 fully saturated rings. The quantitative estimate of drug-likeness (QED) is 0.844. The third-order valence-corrected chi connectivity index (χ3v) is 4.74. The van der Waals surface area contributed by atoms with Crippen molar-refractivity contribution >= 4 is 27.3 Å². The summed E-state index contributed by atoms with van der Waals surface area (Å²) in [5, 5.41) is 8.75. The fourth-order valence-electron chi connectivity index (χ4n) is 1.73. The number of nitrogens with two attached hydrogens (primary N) is 1. The van der Waals surface area contributed by atoms with Crippen molar-refractivity contribution in [1.29, 1.82) is 5.26 Å². The summed E-state index contributed by atoms with van der Waals surface area (Å²) in [6.07, 6.45) is 0. The average Bonchev–Trinajstić information content (AvgIpc) is 2.46. The molecule has 0 radical (unpaired) electrons. The lowest BCUT2D eigenvalue weighted by Crippen LogP contribution is -2.24. The van der Waals surface area contributed by atoms with Crippen LogP contribution in [0.5, 0.6) is 0 Å². The maximum Gasteiger partial charge on any atom is 0.242 e. The Morgan fingerprint density at radius 2 is 1.95 bits per heavy atom. The van der Waals surface area contributed by atoms with Crippen LogP contribution in [0.2, 0.25) is 5.02 Å². The molecule has 0 bridgehead atoms. The molecule has 3 N–H and O–H groups in total. The molecule has 108 valence electrons. The molecule has 0 atom stereocenters. The summed E-state index contributed by atoms with van der Waals surface area (Å²) < 4.78 is 26.9. The highest BCUT2D eigenvalue weighted by Gasteiger charge is 2.18. The number of halogens is 1. The molecular formula is C14H12ClN3O2S. The third kappa shape index (κ3) is 3.52. The molecule has 0 unspecified atom stereocenters. The highest BCUT2D eigenvalue weighted by Crippen LogP contribution is 2.22. The lowest BCUT2D eigenvalue weighted by atomic mass is 10.2. The molecule has 0 aliphatic heterocycles.